The maximum absolute atomic E-state index is 12.4. The molecule has 1 atom stereocenters. The van der Waals surface area contributed by atoms with Crippen molar-refractivity contribution < 1.29 is 19.4 Å². The molecular formula is C21H21N3O4. The molecule has 2 aromatic carbocycles. The summed E-state index contributed by atoms with van der Waals surface area (Å²) in [5, 5.41) is 15.8. The van der Waals surface area contributed by atoms with Gasteiger partial charge in [-0.1, -0.05) is 54.6 Å². The molecule has 0 aliphatic heterocycles. The van der Waals surface area contributed by atoms with Crippen LogP contribution in [0.3, 0.4) is 0 Å². The highest BCUT2D eigenvalue weighted by molar-refractivity contribution is 5.90. The molecular weight excluding hydrogens is 358 g/mol. The summed E-state index contributed by atoms with van der Waals surface area (Å²) in [7, 11) is 1.72. The van der Waals surface area contributed by atoms with E-state index in [9.17, 15) is 9.59 Å². The summed E-state index contributed by atoms with van der Waals surface area (Å²) < 4.78 is 7.01. The van der Waals surface area contributed by atoms with Crippen LogP contribution in [0.2, 0.25) is 0 Å². The highest BCUT2D eigenvalue weighted by Crippen LogP contribution is 2.28. The van der Waals surface area contributed by atoms with Crippen LogP contribution in [0.5, 0.6) is 0 Å². The summed E-state index contributed by atoms with van der Waals surface area (Å²) in [6, 6.07) is 16.6. The topological polar surface area (TPSA) is 93.4 Å². The molecule has 0 fully saturated rings. The fraction of sp³-hybridized carbons (Fsp3) is 0.190. The Hall–Kier alpha value is -3.61. The lowest BCUT2D eigenvalue weighted by molar-refractivity contribution is -0.136. The molecule has 0 saturated carbocycles. The van der Waals surface area contributed by atoms with Crippen LogP contribution in [0.1, 0.15) is 24.2 Å². The van der Waals surface area contributed by atoms with Gasteiger partial charge in [-0.15, -0.1) is 0 Å². The van der Waals surface area contributed by atoms with Gasteiger partial charge in [0, 0.05) is 12.6 Å². The number of nitrogens with zero attached hydrogens (tertiary/aromatic N) is 2. The van der Waals surface area contributed by atoms with Crippen molar-refractivity contribution in [3.05, 3.63) is 71.9 Å². The lowest BCUT2D eigenvalue weighted by Crippen LogP contribution is -2.18. The lowest BCUT2D eigenvalue weighted by atomic mass is 10.0. The summed E-state index contributed by atoms with van der Waals surface area (Å²) in [5.74, 6) is -0.386. The van der Waals surface area contributed by atoms with Gasteiger partial charge >= 0.3 is 12.1 Å². The van der Waals surface area contributed by atoms with Crippen molar-refractivity contribution in [2.75, 3.05) is 5.32 Å². The Morgan fingerprint density at radius 3 is 2.46 bits per heavy atom. The van der Waals surface area contributed by atoms with Gasteiger partial charge in [0.05, 0.1) is 12.6 Å². The molecule has 3 rings (SSSR count). The Morgan fingerprint density at radius 2 is 1.82 bits per heavy atom. The Labute approximate surface area is 162 Å². The summed E-state index contributed by atoms with van der Waals surface area (Å²) in [6.07, 6.45) is 0.627. The number of aryl methyl sites for hydroxylation is 1. The van der Waals surface area contributed by atoms with Crippen LogP contribution in [0, 0.1) is 0 Å². The van der Waals surface area contributed by atoms with Crippen molar-refractivity contribution in [3.63, 3.8) is 0 Å². The zero-order chi connectivity index (χ0) is 20.1. The fourth-order valence-electron chi connectivity index (χ4n) is 2.85. The molecule has 1 heterocycles. The summed E-state index contributed by atoms with van der Waals surface area (Å²) in [4.78, 5) is 23.2. The van der Waals surface area contributed by atoms with Crippen LogP contribution in [0.4, 0.5) is 10.6 Å². The van der Waals surface area contributed by atoms with E-state index < -0.39 is 18.2 Å². The number of hydrogen-bond acceptors (Lipinski definition) is 4. The predicted octanol–water partition coefficient (Wildman–Crippen LogP) is 4.02. The number of rotatable bonds is 6. The van der Waals surface area contributed by atoms with Crippen LogP contribution in [-0.2, 0) is 23.0 Å². The van der Waals surface area contributed by atoms with E-state index in [2.05, 4.69) is 10.4 Å². The Balaban J connectivity index is 1.74. The minimum Gasteiger partial charge on any atom is -0.481 e. The second-order valence-electron chi connectivity index (χ2n) is 6.38. The highest BCUT2D eigenvalue weighted by atomic mass is 16.6. The molecule has 3 aromatic rings. The van der Waals surface area contributed by atoms with Gasteiger partial charge in [0.1, 0.15) is 11.9 Å². The number of hydrogen-bond donors (Lipinski definition) is 2. The zero-order valence-corrected chi connectivity index (χ0v) is 15.6. The number of nitrogens with one attached hydrogen (secondary N) is 1. The maximum atomic E-state index is 12.4. The third kappa shape index (κ3) is 4.56. The van der Waals surface area contributed by atoms with Gasteiger partial charge in [-0.2, -0.15) is 5.10 Å². The minimum atomic E-state index is -0.883. The SMILES string of the molecule is CC(OC(=O)Nc1c(-c2ccc(CC(=O)O)cc2)cnn1C)c1ccccc1. The van der Waals surface area contributed by atoms with E-state index >= 15 is 0 Å². The Kier molecular flexibility index (Phi) is 5.74. The molecule has 0 aliphatic carbocycles. The first-order valence-electron chi connectivity index (χ1n) is 8.79. The monoisotopic (exact) mass is 379 g/mol. The van der Waals surface area contributed by atoms with Crippen molar-refractivity contribution in [1.29, 1.82) is 0 Å². The van der Waals surface area contributed by atoms with E-state index in [1.807, 2.05) is 30.3 Å². The van der Waals surface area contributed by atoms with Gasteiger partial charge in [-0.3, -0.25) is 14.8 Å². The normalized spacial score (nSPS) is 11.6. The van der Waals surface area contributed by atoms with Crippen LogP contribution in [0.15, 0.2) is 60.8 Å². The number of benzene rings is 2. The van der Waals surface area contributed by atoms with Gasteiger partial charge in [-0.25, -0.2) is 4.79 Å². The molecule has 1 unspecified atom stereocenters. The number of aliphatic carboxylic acids is 1. The first kappa shape index (κ1) is 19.2. The van der Waals surface area contributed by atoms with Crippen LogP contribution in [-0.4, -0.2) is 26.9 Å². The van der Waals surface area contributed by atoms with Crippen molar-refractivity contribution in [1.82, 2.24) is 9.78 Å². The van der Waals surface area contributed by atoms with E-state index in [1.165, 1.54) is 0 Å². The molecule has 0 aliphatic rings. The first-order chi connectivity index (χ1) is 13.4. The van der Waals surface area contributed by atoms with E-state index in [4.69, 9.17) is 9.84 Å². The highest BCUT2D eigenvalue weighted by Gasteiger charge is 2.17. The number of carboxylic acid groups (broad SMARTS) is 1. The number of carboxylic acids is 1. The zero-order valence-electron chi connectivity index (χ0n) is 15.6. The fourth-order valence-corrected chi connectivity index (χ4v) is 2.85. The standard InChI is InChI=1S/C21H21N3O4/c1-14(16-6-4-3-5-7-16)28-21(27)23-20-18(13-22-24(20)2)17-10-8-15(9-11-17)12-19(25)26/h3-11,13-14H,12H2,1-2H3,(H,23,27)(H,25,26). The molecule has 1 amide bonds. The molecule has 0 spiro atoms. The van der Waals surface area contributed by atoms with Crippen molar-refractivity contribution in [2.24, 2.45) is 7.05 Å². The third-order valence-corrected chi connectivity index (χ3v) is 4.33. The number of carbonyl (C=O) groups excluding carboxylic acids is 1. The molecule has 0 bridgehead atoms. The smallest absolute Gasteiger partial charge is 0.413 e. The van der Waals surface area contributed by atoms with E-state index in [0.717, 1.165) is 11.1 Å². The number of amides is 1. The van der Waals surface area contributed by atoms with Crippen LogP contribution in [0.25, 0.3) is 11.1 Å². The predicted molar refractivity (Wildman–Crippen MR) is 105 cm³/mol. The molecule has 28 heavy (non-hydrogen) atoms. The van der Waals surface area contributed by atoms with Crippen molar-refractivity contribution >= 4 is 17.9 Å². The maximum Gasteiger partial charge on any atom is 0.413 e. The van der Waals surface area contributed by atoms with Gasteiger partial charge in [0.25, 0.3) is 0 Å². The quantitative estimate of drug-likeness (QED) is 0.675. The molecule has 7 heteroatoms. The van der Waals surface area contributed by atoms with Crippen molar-refractivity contribution in [2.45, 2.75) is 19.4 Å². The first-order valence-corrected chi connectivity index (χ1v) is 8.79. The molecule has 1 aromatic heterocycles. The second kappa shape index (κ2) is 8.39. The Morgan fingerprint density at radius 1 is 1.14 bits per heavy atom. The summed E-state index contributed by atoms with van der Waals surface area (Å²) in [5.41, 5.74) is 3.13. The van der Waals surface area contributed by atoms with Gasteiger partial charge in [-0.05, 0) is 23.6 Å². The number of carbonyl (C=O) groups is 2. The number of ether oxygens (including phenoxy) is 1. The van der Waals surface area contributed by atoms with E-state index in [0.29, 0.717) is 16.9 Å². The van der Waals surface area contributed by atoms with Crippen LogP contribution < -0.4 is 5.32 Å². The second-order valence-corrected chi connectivity index (χ2v) is 6.38. The molecule has 0 radical (unpaired) electrons. The minimum absolute atomic E-state index is 0.0396. The average Bonchev–Trinajstić information content (AvgIpc) is 3.03. The van der Waals surface area contributed by atoms with Gasteiger partial charge < -0.3 is 9.84 Å². The summed E-state index contributed by atoms with van der Waals surface area (Å²) >= 11 is 0. The average molecular weight is 379 g/mol. The van der Waals surface area contributed by atoms with Crippen LogP contribution >= 0.6 is 0 Å². The summed E-state index contributed by atoms with van der Waals surface area (Å²) in [6.45, 7) is 1.81. The van der Waals surface area contributed by atoms with E-state index in [-0.39, 0.29) is 6.42 Å². The molecule has 2 N–H and O–H groups in total. The van der Waals surface area contributed by atoms with Crippen molar-refractivity contribution in [3.8, 4) is 11.1 Å². The molecule has 7 nitrogen and oxygen atoms in total. The number of anilines is 1. The van der Waals surface area contributed by atoms with Gasteiger partial charge in [0.15, 0.2) is 0 Å². The van der Waals surface area contributed by atoms with E-state index in [1.54, 1.807) is 49.1 Å². The third-order valence-electron chi connectivity index (χ3n) is 4.33. The molecule has 144 valence electrons. The number of aromatic nitrogens is 2. The lowest BCUT2D eigenvalue weighted by Gasteiger charge is -2.15. The Bertz CT molecular complexity index is 965. The largest absolute Gasteiger partial charge is 0.481 e. The molecule has 0 saturated heterocycles. The van der Waals surface area contributed by atoms with Gasteiger partial charge in [0.2, 0.25) is 0 Å².